The summed E-state index contributed by atoms with van der Waals surface area (Å²) in [7, 11) is 1.57. The number of ketones is 1. The highest BCUT2D eigenvalue weighted by molar-refractivity contribution is 9.10. The number of halogens is 1. The Morgan fingerprint density at radius 1 is 1.25 bits per heavy atom. The Kier molecular flexibility index (Phi) is 7.47. The van der Waals surface area contributed by atoms with E-state index in [1.165, 1.54) is 0 Å². The lowest BCUT2D eigenvalue weighted by Gasteiger charge is -2.14. The number of carbonyl (C=O) groups excluding carboxylic acids is 2. The number of esters is 1. The molecule has 0 aliphatic carbocycles. The molecule has 5 heteroatoms. The predicted molar refractivity (Wildman–Crippen MR) is 79.7 cm³/mol. The minimum Gasteiger partial charge on any atom is -0.466 e. The van der Waals surface area contributed by atoms with E-state index < -0.39 is 5.92 Å². The summed E-state index contributed by atoms with van der Waals surface area (Å²) in [5.41, 5.74) is 0.597. The Hall–Kier alpha value is -1.20. The third kappa shape index (κ3) is 5.43. The van der Waals surface area contributed by atoms with Gasteiger partial charge in [-0.3, -0.25) is 9.59 Å². The second-order valence-electron chi connectivity index (χ2n) is 4.36. The minimum atomic E-state index is -0.453. The normalized spacial score (nSPS) is 11.9. The van der Waals surface area contributed by atoms with Crippen LogP contribution in [0.2, 0.25) is 0 Å². The Morgan fingerprint density at radius 2 is 1.90 bits per heavy atom. The molecule has 0 aliphatic heterocycles. The van der Waals surface area contributed by atoms with Crippen LogP contribution in [0.3, 0.4) is 0 Å². The van der Waals surface area contributed by atoms with Crippen molar-refractivity contribution in [1.29, 1.82) is 0 Å². The predicted octanol–water partition coefficient (Wildman–Crippen LogP) is 3.24. The largest absolute Gasteiger partial charge is 0.466 e. The molecule has 0 aliphatic rings. The molecule has 0 bridgehead atoms. The number of rotatable bonds is 8. The Balaban J connectivity index is 2.70. The van der Waals surface area contributed by atoms with Crippen LogP contribution in [-0.4, -0.2) is 32.1 Å². The average molecular weight is 343 g/mol. The fourth-order valence-electron chi connectivity index (χ4n) is 1.80. The maximum atomic E-state index is 12.2. The van der Waals surface area contributed by atoms with Crippen LogP contribution in [0.5, 0.6) is 0 Å². The Morgan fingerprint density at radius 3 is 2.45 bits per heavy atom. The van der Waals surface area contributed by atoms with Crippen molar-refractivity contribution in [2.24, 2.45) is 5.92 Å². The third-order valence-electron chi connectivity index (χ3n) is 2.89. The van der Waals surface area contributed by atoms with Crippen molar-refractivity contribution in [3.63, 3.8) is 0 Å². The quantitative estimate of drug-likeness (QED) is 0.537. The van der Waals surface area contributed by atoms with Crippen LogP contribution < -0.4 is 0 Å². The van der Waals surface area contributed by atoms with Gasteiger partial charge in [-0.05, 0) is 25.5 Å². The lowest BCUT2D eigenvalue weighted by molar-refractivity contribution is -0.148. The molecule has 1 rings (SSSR count). The van der Waals surface area contributed by atoms with Crippen molar-refractivity contribution in [2.75, 3.05) is 20.3 Å². The Bertz CT molecular complexity index is 442. The smallest absolute Gasteiger partial charge is 0.309 e. The maximum Gasteiger partial charge on any atom is 0.309 e. The number of carbonyl (C=O) groups is 2. The van der Waals surface area contributed by atoms with E-state index in [-0.39, 0.29) is 18.2 Å². The number of ether oxygens (including phenoxy) is 2. The highest BCUT2D eigenvalue weighted by atomic mass is 79.9. The number of Topliss-reactive ketones (excluding diaryl/α,β-unsaturated/α-hetero) is 1. The van der Waals surface area contributed by atoms with Crippen molar-refractivity contribution in [1.82, 2.24) is 0 Å². The van der Waals surface area contributed by atoms with Crippen molar-refractivity contribution in [3.8, 4) is 0 Å². The first-order valence-electron chi connectivity index (χ1n) is 6.52. The van der Waals surface area contributed by atoms with Gasteiger partial charge in [-0.1, -0.05) is 28.1 Å². The average Bonchev–Trinajstić information content (AvgIpc) is 2.44. The zero-order valence-corrected chi connectivity index (χ0v) is 13.3. The van der Waals surface area contributed by atoms with Gasteiger partial charge in [-0.15, -0.1) is 0 Å². The summed E-state index contributed by atoms with van der Waals surface area (Å²) in [6.07, 6.45) is 0.626. The zero-order valence-electron chi connectivity index (χ0n) is 11.7. The molecule has 0 aromatic heterocycles. The van der Waals surface area contributed by atoms with Gasteiger partial charge in [0.25, 0.3) is 0 Å². The van der Waals surface area contributed by atoms with E-state index >= 15 is 0 Å². The number of hydrogen-bond donors (Lipinski definition) is 0. The van der Waals surface area contributed by atoms with Crippen LogP contribution >= 0.6 is 15.9 Å². The first kappa shape index (κ1) is 16.9. The molecule has 110 valence electrons. The fourth-order valence-corrected chi connectivity index (χ4v) is 2.07. The van der Waals surface area contributed by atoms with Gasteiger partial charge in [0.05, 0.1) is 12.5 Å². The summed E-state index contributed by atoms with van der Waals surface area (Å²) in [5.74, 6) is -0.854. The van der Waals surface area contributed by atoms with Crippen LogP contribution in [0, 0.1) is 5.92 Å². The Labute approximate surface area is 127 Å². The van der Waals surface area contributed by atoms with Crippen LogP contribution in [0.4, 0.5) is 0 Å². The van der Waals surface area contributed by atoms with Crippen LogP contribution in [-0.2, 0) is 14.3 Å². The highest BCUT2D eigenvalue weighted by Crippen LogP contribution is 2.17. The third-order valence-corrected chi connectivity index (χ3v) is 3.42. The van der Waals surface area contributed by atoms with Crippen molar-refractivity contribution >= 4 is 27.7 Å². The van der Waals surface area contributed by atoms with Crippen molar-refractivity contribution in [2.45, 2.75) is 19.8 Å². The van der Waals surface area contributed by atoms with Gasteiger partial charge < -0.3 is 9.47 Å². The lowest BCUT2D eigenvalue weighted by Crippen LogP contribution is -2.22. The first-order valence-corrected chi connectivity index (χ1v) is 7.32. The second-order valence-corrected chi connectivity index (χ2v) is 5.28. The van der Waals surface area contributed by atoms with E-state index in [1.807, 2.05) is 12.1 Å². The standard InChI is InChI=1S/C15H19BrO4/c1-3-20-15(18)12(8-9-19-2)10-14(17)11-4-6-13(16)7-5-11/h4-7,12H,3,8-10H2,1-2H3. The van der Waals surface area contributed by atoms with Gasteiger partial charge in [0.2, 0.25) is 0 Å². The molecule has 0 saturated heterocycles. The molecule has 0 saturated carbocycles. The minimum absolute atomic E-state index is 0.0633. The summed E-state index contributed by atoms with van der Waals surface area (Å²) in [4.78, 5) is 24.0. The molecule has 1 aromatic carbocycles. The molecule has 4 nitrogen and oxygen atoms in total. The summed E-state index contributed by atoms with van der Waals surface area (Å²) in [6, 6.07) is 7.10. The topological polar surface area (TPSA) is 52.6 Å². The monoisotopic (exact) mass is 342 g/mol. The van der Waals surface area contributed by atoms with Crippen LogP contribution in [0.25, 0.3) is 0 Å². The van der Waals surface area contributed by atoms with Gasteiger partial charge in [0.15, 0.2) is 5.78 Å². The fraction of sp³-hybridized carbons (Fsp3) is 0.467. The van der Waals surface area contributed by atoms with Gasteiger partial charge in [0.1, 0.15) is 0 Å². The molecule has 0 heterocycles. The lowest BCUT2D eigenvalue weighted by atomic mass is 9.96. The van der Waals surface area contributed by atoms with Crippen LogP contribution in [0.1, 0.15) is 30.1 Å². The first-order chi connectivity index (χ1) is 9.58. The second kappa shape index (κ2) is 8.87. The molecule has 0 spiro atoms. The van der Waals surface area contributed by atoms with Crippen LogP contribution in [0.15, 0.2) is 28.7 Å². The molecular formula is C15H19BrO4. The van der Waals surface area contributed by atoms with Gasteiger partial charge in [0, 0.05) is 30.2 Å². The van der Waals surface area contributed by atoms with E-state index in [1.54, 1.807) is 26.2 Å². The molecule has 1 unspecified atom stereocenters. The van der Waals surface area contributed by atoms with E-state index in [0.29, 0.717) is 25.2 Å². The molecule has 0 N–H and O–H groups in total. The zero-order chi connectivity index (χ0) is 15.0. The van der Waals surface area contributed by atoms with Gasteiger partial charge in [-0.2, -0.15) is 0 Å². The molecule has 0 fully saturated rings. The summed E-state index contributed by atoms with van der Waals surface area (Å²) < 4.78 is 10.9. The summed E-state index contributed by atoms with van der Waals surface area (Å²) in [6.45, 7) is 2.49. The number of benzene rings is 1. The molecule has 20 heavy (non-hydrogen) atoms. The van der Waals surface area contributed by atoms with E-state index in [4.69, 9.17) is 9.47 Å². The van der Waals surface area contributed by atoms with Gasteiger partial charge >= 0.3 is 5.97 Å². The maximum absolute atomic E-state index is 12.2. The molecule has 0 radical (unpaired) electrons. The number of methoxy groups -OCH3 is 1. The highest BCUT2D eigenvalue weighted by Gasteiger charge is 2.23. The van der Waals surface area contributed by atoms with E-state index in [0.717, 1.165) is 4.47 Å². The van der Waals surface area contributed by atoms with Gasteiger partial charge in [-0.25, -0.2) is 0 Å². The summed E-state index contributed by atoms with van der Waals surface area (Å²) >= 11 is 3.32. The van der Waals surface area contributed by atoms with Crippen molar-refractivity contribution < 1.29 is 19.1 Å². The SMILES string of the molecule is CCOC(=O)C(CCOC)CC(=O)c1ccc(Br)cc1. The molecule has 1 aromatic rings. The molecule has 1 atom stereocenters. The molecular weight excluding hydrogens is 324 g/mol. The van der Waals surface area contributed by atoms with E-state index in [9.17, 15) is 9.59 Å². The van der Waals surface area contributed by atoms with E-state index in [2.05, 4.69) is 15.9 Å². The number of hydrogen-bond acceptors (Lipinski definition) is 4. The van der Waals surface area contributed by atoms with Crippen molar-refractivity contribution in [3.05, 3.63) is 34.3 Å². The molecule has 0 amide bonds. The summed E-state index contributed by atoms with van der Waals surface area (Å²) in [5, 5.41) is 0.